The second-order valence-electron chi connectivity index (χ2n) is 22.3. The topological polar surface area (TPSA) is 287 Å². The molecule has 7 aromatic heterocycles. The number of nitrogens with zero attached hydrogens (tertiary/aromatic N) is 15. The highest BCUT2D eigenvalue weighted by Gasteiger charge is 2.34. The summed E-state index contributed by atoms with van der Waals surface area (Å²) in [7, 11) is 13.2. The summed E-state index contributed by atoms with van der Waals surface area (Å²) < 4.78 is 61.6. The molecule has 0 unspecified atom stereocenters. The number of aromatic carboxylic acids is 1. The molecule has 0 aromatic carbocycles. The SMILES string of the molecule is COC(=O)c1cnn(C)c1C.COC(=O)c1cnn(C)c1CBr.COC(=O)c1cnn(C)c1CN1CCCCC1.C[C@@H](CC(=O)c1cnn(C)c1CN1CCCCC1)c1ncc(C(=O)Nc2cc(C(F)(F)F)c(Cl)cn2)s1.Cn1ncc(C(=O)O)c1CN1CCCCC1. The van der Waals surface area contributed by atoms with Gasteiger partial charge in [0.15, 0.2) is 5.78 Å². The fourth-order valence-corrected chi connectivity index (χ4v) is 12.1. The predicted molar refractivity (Wildman–Crippen MR) is 343 cm³/mol. The van der Waals surface area contributed by atoms with E-state index in [1.807, 2.05) is 27.9 Å². The smallest absolute Gasteiger partial charge is 0.418 e. The van der Waals surface area contributed by atoms with Crippen LogP contribution in [0.15, 0.2) is 49.4 Å². The van der Waals surface area contributed by atoms with E-state index in [1.54, 1.807) is 56.9 Å². The summed E-state index contributed by atoms with van der Waals surface area (Å²) in [5, 5.41) is 32.3. The number of methoxy groups -OCH3 is 3. The Bertz CT molecular complexity index is 3640. The number of halogens is 5. The molecule has 506 valence electrons. The van der Waals surface area contributed by atoms with Gasteiger partial charge in [0.2, 0.25) is 0 Å². The van der Waals surface area contributed by atoms with Crippen molar-refractivity contribution in [3.05, 3.63) is 126 Å². The minimum atomic E-state index is -4.68. The number of hydrogen-bond donors (Lipinski definition) is 2. The molecule has 10 heterocycles. The zero-order valence-corrected chi connectivity index (χ0v) is 57.1. The molecule has 0 bridgehead atoms. The number of carboxylic acids is 1. The predicted octanol–water partition coefficient (Wildman–Crippen LogP) is 9.47. The molecule has 1 atom stereocenters. The molecule has 0 radical (unpaired) electrons. The standard InChI is InChI=1S/C24H26ClF3N6O2S.C12H19N3O2.C11H17N3O2.C7H9BrN2O2.C7H10N2O2/c1-14(8-19(35)15-10-31-33(2)18(15)13-34-6-4-3-5-7-34)23-30-12-20(37-23)22(36)32-21-9-16(24(26,27)28)17(25)11-29-21;1-14-11(9-15-6-4-3-5-7-15)10(8-13-14)12(16)17-2;1-13-10(9(7-12-13)11(15)16)8-14-5-3-2-4-6-14;1-10-6(3-8)5(4-9-10)7(11)12-2;1-5-6(7(10)11-3)4-8-9(5)2/h9-12,14H,3-8,13H2,1-2H3,(H,29,32,36);8H,3-7,9H2,1-2H3;7H,2-6,8H2,1H3,(H,15,16);4H,3H2,1-2H3;4H,1-3H3/t14-;;;;/m0..../s1. The van der Waals surface area contributed by atoms with Crippen LogP contribution in [-0.4, -0.2) is 175 Å². The number of thiazole rings is 1. The van der Waals surface area contributed by atoms with Gasteiger partial charge in [-0.2, -0.15) is 38.7 Å². The van der Waals surface area contributed by atoms with E-state index in [1.165, 1.54) is 91.1 Å². The van der Waals surface area contributed by atoms with Crippen LogP contribution in [0.4, 0.5) is 19.0 Å². The maximum atomic E-state index is 13.1. The van der Waals surface area contributed by atoms with Crippen molar-refractivity contribution in [1.82, 2.24) is 73.6 Å². The van der Waals surface area contributed by atoms with Gasteiger partial charge in [0.05, 0.1) is 102 Å². The van der Waals surface area contributed by atoms with Crippen LogP contribution in [0.1, 0.15) is 178 Å². The lowest BCUT2D eigenvalue weighted by atomic mass is 10.00. The summed E-state index contributed by atoms with van der Waals surface area (Å²) in [6.45, 7) is 12.1. The molecule has 2 N–H and O–H groups in total. The fraction of sp³-hybridized carbons (Fsp3) is 0.525. The first kappa shape index (κ1) is 74.3. The minimum Gasteiger partial charge on any atom is -0.478 e. The Morgan fingerprint density at radius 2 is 0.989 bits per heavy atom. The second kappa shape index (κ2) is 35.5. The zero-order chi connectivity index (χ0) is 68.1. The van der Waals surface area contributed by atoms with Crippen molar-refractivity contribution in [3.8, 4) is 0 Å². The monoisotopic (exact) mass is 1400 g/mol. The molecule has 3 saturated heterocycles. The molecule has 10 rings (SSSR count). The number of amides is 1. The molecule has 3 aliphatic rings. The number of hydrogen-bond acceptors (Lipinski definition) is 20. The Hall–Kier alpha value is -7.71. The van der Waals surface area contributed by atoms with E-state index in [2.05, 4.69) is 80.9 Å². The molecule has 7 aromatic rings. The van der Waals surface area contributed by atoms with Gasteiger partial charge in [0, 0.05) is 84.4 Å². The van der Waals surface area contributed by atoms with Crippen LogP contribution in [0, 0.1) is 6.92 Å². The number of rotatable bonds is 17. The van der Waals surface area contributed by atoms with Gasteiger partial charge in [-0.25, -0.2) is 29.1 Å². The molecule has 0 aliphatic carbocycles. The lowest BCUT2D eigenvalue weighted by Gasteiger charge is -2.26. The van der Waals surface area contributed by atoms with E-state index >= 15 is 0 Å². The molecule has 32 heteroatoms. The highest BCUT2D eigenvalue weighted by molar-refractivity contribution is 9.08. The molecule has 3 aliphatic heterocycles. The Labute approximate surface area is 554 Å². The third-order valence-electron chi connectivity index (χ3n) is 15.9. The van der Waals surface area contributed by atoms with Crippen LogP contribution >= 0.6 is 38.9 Å². The maximum Gasteiger partial charge on any atom is 0.418 e. The molecule has 26 nitrogen and oxygen atoms in total. The van der Waals surface area contributed by atoms with Crippen molar-refractivity contribution >= 4 is 80.3 Å². The number of ketones is 1. The summed E-state index contributed by atoms with van der Waals surface area (Å²) in [6, 6.07) is 0.679. The minimum absolute atomic E-state index is 0.0566. The average Bonchev–Trinajstić information content (AvgIpc) is 1.82. The molecular formula is C61H81BrClF3N16O10S. The van der Waals surface area contributed by atoms with Gasteiger partial charge in [-0.15, -0.1) is 11.3 Å². The van der Waals surface area contributed by atoms with E-state index in [0.717, 1.165) is 105 Å². The number of piperidine rings is 3. The van der Waals surface area contributed by atoms with Crippen LogP contribution in [0.5, 0.6) is 0 Å². The number of alkyl halides is 4. The number of Topliss-reactive ketones (excluding diaryl/α,β-unsaturated/α-hetero) is 1. The van der Waals surface area contributed by atoms with Gasteiger partial charge in [0.25, 0.3) is 5.91 Å². The van der Waals surface area contributed by atoms with Crippen molar-refractivity contribution in [2.24, 2.45) is 35.2 Å². The summed E-state index contributed by atoms with van der Waals surface area (Å²) >= 11 is 9.92. The highest BCUT2D eigenvalue weighted by atomic mass is 79.9. The fourth-order valence-electron chi connectivity index (χ4n) is 10.3. The average molecular weight is 1400 g/mol. The number of anilines is 1. The van der Waals surface area contributed by atoms with Crippen LogP contribution in [-0.2, 0) is 80.6 Å². The summed E-state index contributed by atoms with van der Waals surface area (Å²) in [5.41, 5.74) is 5.70. The van der Waals surface area contributed by atoms with E-state index in [9.17, 15) is 41.9 Å². The third-order valence-corrected chi connectivity index (χ3v) is 17.9. The maximum absolute atomic E-state index is 13.1. The molecule has 93 heavy (non-hydrogen) atoms. The Kier molecular flexibility index (Phi) is 28.4. The summed E-state index contributed by atoms with van der Waals surface area (Å²) in [6.07, 6.45) is 16.3. The van der Waals surface area contributed by atoms with Gasteiger partial charge in [0.1, 0.15) is 32.9 Å². The lowest BCUT2D eigenvalue weighted by Crippen LogP contribution is -2.30. The van der Waals surface area contributed by atoms with Crippen molar-refractivity contribution in [1.29, 1.82) is 0 Å². The third kappa shape index (κ3) is 20.9. The summed E-state index contributed by atoms with van der Waals surface area (Å²) in [4.78, 5) is 85.6. The van der Waals surface area contributed by atoms with Gasteiger partial charge in [-0.05, 0) is 90.8 Å². The quantitative estimate of drug-likeness (QED) is 0.0371. The van der Waals surface area contributed by atoms with Gasteiger partial charge < -0.3 is 24.6 Å². The lowest BCUT2D eigenvalue weighted by molar-refractivity contribution is -0.137. The van der Waals surface area contributed by atoms with Crippen LogP contribution in [0.3, 0.4) is 0 Å². The largest absolute Gasteiger partial charge is 0.478 e. The number of carboxylic acid groups (broad SMARTS) is 1. The van der Waals surface area contributed by atoms with E-state index in [0.29, 0.717) is 57.3 Å². The van der Waals surface area contributed by atoms with Crippen molar-refractivity contribution in [2.75, 3.05) is 65.9 Å². The highest BCUT2D eigenvalue weighted by Crippen LogP contribution is 2.36. The number of carbonyl (C=O) groups excluding carboxylic acids is 5. The van der Waals surface area contributed by atoms with E-state index in [4.69, 9.17) is 21.4 Å². The molecular weight excluding hydrogens is 1320 g/mol. The van der Waals surface area contributed by atoms with Gasteiger partial charge in [-0.3, -0.25) is 47.7 Å². The molecule has 1 amide bonds. The number of nitrogens with one attached hydrogen (secondary N) is 1. The van der Waals surface area contributed by atoms with Crippen LogP contribution in [0.25, 0.3) is 0 Å². The number of pyridine rings is 1. The number of esters is 3. The van der Waals surface area contributed by atoms with Gasteiger partial charge in [-0.1, -0.05) is 53.7 Å². The normalized spacial score (nSPS) is 14.7. The van der Waals surface area contributed by atoms with Crippen molar-refractivity contribution in [3.63, 3.8) is 0 Å². The van der Waals surface area contributed by atoms with Crippen LogP contribution in [0.2, 0.25) is 5.02 Å². The summed E-state index contributed by atoms with van der Waals surface area (Å²) in [5.74, 6) is -3.14. The van der Waals surface area contributed by atoms with E-state index in [-0.39, 0.29) is 46.7 Å². The van der Waals surface area contributed by atoms with Crippen molar-refractivity contribution < 1.29 is 61.3 Å². The number of aryl methyl sites for hydroxylation is 5. The Morgan fingerprint density at radius 3 is 1.42 bits per heavy atom. The number of carbonyl (C=O) groups is 6. The van der Waals surface area contributed by atoms with Gasteiger partial charge >= 0.3 is 30.1 Å². The number of ether oxygens (including phenoxy) is 3. The Balaban J connectivity index is 0.000000204. The molecule has 0 spiro atoms. The molecule has 3 fully saturated rings. The number of likely N-dealkylation sites (tertiary alicyclic amines) is 3. The first-order valence-corrected chi connectivity index (χ1v) is 32.4. The zero-order valence-electron chi connectivity index (χ0n) is 54.0. The van der Waals surface area contributed by atoms with Crippen LogP contribution < -0.4 is 5.32 Å². The van der Waals surface area contributed by atoms with E-state index < -0.39 is 28.6 Å². The molecule has 0 saturated carbocycles. The first-order valence-electron chi connectivity index (χ1n) is 30.1. The first-order chi connectivity index (χ1) is 44.3. The Morgan fingerprint density at radius 1 is 0.591 bits per heavy atom. The van der Waals surface area contributed by atoms with Crippen molar-refractivity contribution in [2.45, 2.75) is 115 Å². The number of aromatic nitrogens is 12. The second-order valence-corrected chi connectivity index (χ2v) is 24.3.